The largest absolute Gasteiger partial charge is 0.393 e. The average Bonchev–Trinajstić information content (AvgIpc) is 2.39. The molecule has 0 unspecified atom stereocenters. The van der Waals surface area contributed by atoms with Gasteiger partial charge in [-0.25, -0.2) is 9.97 Å². The first-order valence-electron chi connectivity index (χ1n) is 6.40. The smallest absolute Gasteiger partial charge is 0.157 e. The molecule has 0 saturated heterocycles. The first kappa shape index (κ1) is 15.0. The van der Waals surface area contributed by atoms with Crippen molar-refractivity contribution >= 4 is 23.1 Å². The van der Waals surface area contributed by atoms with Crippen LogP contribution in [0.3, 0.4) is 0 Å². The van der Waals surface area contributed by atoms with E-state index in [1.165, 1.54) is 0 Å². The average molecular weight is 272 g/mol. The Labute approximate surface area is 114 Å². The molecular formula is C12H22ClN5. The zero-order chi connectivity index (χ0) is 13.5. The van der Waals surface area contributed by atoms with Crippen LogP contribution >= 0.6 is 11.6 Å². The molecule has 0 amide bonds. The summed E-state index contributed by atoms with van der Waals surface area (Å²) in [5, 5.41) is 3.55. The number of halogens is 1. The van der Waals surface area contributed by atoms with E-state index >= 15 is 0 Å². The Balaban J connectivity index is 2.64. The predicted octanol–water partition coefficient (Wildman–Crippen LogP) is 2.03. The van der Waals surface area contributed by atoms with Crippen LogP contribution < -0.4 is 11.1 Å². The summed E-state index contributed by atoms with van der Waals surface area (Å²) in [6, 6.07) is 0. The molecule has 3 N–H and O–H groups in total. The van der Waals surface area contributed by atoms with Crippen LogP contribution in [0.25, 0.3) is 0 Å². The first-order valence-corrected chi connectivity index (χ1v) is 6.78. The standard InChI is InChI=1S/C12H22ClN5/c1-4-9-16-11(13)10(14)12(17-9)15-7-8-18(5-2)6-3/h4-8,14H2,1-3H3,(H,15,16,17). The van der Waals surface area contributed by atoms with Gasteiger partial charge in [0.05, 0.1) is 0 Å². The van der Waals surface area contributed by atoms with Gasteiger partial charge in [-0.2, -0.15) is 0 Å². The van der Waals surface area contributed by atoms with Crippen molar-refractivity contribution in [1.82, 2.24) is 14.9 Å². The number of likely N-dealkylation sites (N-methyl/N-ethyl adjacent to an activating group) is 1. The Kier molecular flexibility index (Phi) is 6.15. The van der Waals surface area contributed by atoms with Crippen LogP contribution in [-0.2, 0) is 6.42 Å². The number of aromatic nitrogens is 2. The fraction of sp³-hybridized carbons (Fsp3) is 0.667. The van der Waals surface area contributed by atoms with Gasteiger partial charge in [0, 0.05) is 19.5 Å². The van der Waals surface area contributed by atoms with Crippen molar-refractivity contribution in [2.45, 2.75) is 27.2 Å². The lowest BCUT2D eigenvalue weighted by molar-refractivity contribution is 0.316. The van der Waals surface area contributed by atoms with Gasteiger partial charge in [-0.15, -0.1) is 0 Å². The number of nitrogens with two attached hydrogens (primary N) is 1. The number of aryl methyl sites for hydroxylation is 1. The van der Waals surface area contributed by atoms with Crippen LogP contribution in [0.15, 0.2) is 0 Å². The molecule has 0 radical (unpaired) electrons. The highest BCUT2D eigenvalue weighted by Gasteiger charge is 2.09. The SMILES string of the molecule is CCc1nc(Cl)c(N)c(NCCN(CC)CC)n1. The lowest BCUT2D eigenvalue weighted by Crippen LogP contribution is -2.29. The summed E-state index contributed by atoms with van der Waals surface area (Å²) in [6.07, 6.45) is 0.741. The minimum Gasteiger partial charge on any atom is -0.393 e. The molecule has 1 aromatic heterocycles. The van der Waals surface area contributed by atoms with Crippen molar-refractivity contribution in [2.24, 2.45) is 0 Å². The van der Waals surface area contributed by atoms with Crippen LogP contribution in [0.2, 0.25) is 5.15 Å². The van der Waals surface area contributed by atoms with Gasteiger partial charge in [-0.05, 0) is 13.1 Å². The number of hydrogen-bond donors (Lipinski definition) is 2. The van der Waals surface area contributed by atoms with E-state index in [-0.39, 0.29) is 0 Å². The third kappa shape index (κ3) is 3.99. The second-order valence-corrected chi connectivity index (χ2v) is 4.36. The molecule has 0 aliphatic heterocycles. The van der Waals surface area contributed by atoms with Gasteiger partial charge in [0.2, 0.25) is 0 Å². The fourth-order valence-corrected chi connectivity index (χ4v) is 1.84. The second-order valence-electron chi connectivity index (χ2n) is 4.00. The van der Waals surface area contributed by atoms with E-state index in [0.717, 1.165) is 32.6 Å². The molecule has 0 aliphatic carbocycles. The third-order valence-corrected chi connectivity index (χ3v) is 3.16. The Bertz CT molecular complexity index is 379. The van der Waals surface area contributed by atoms with E-state index in [2.05, 4.69) is 34.0 Å². The molecule has 0 saturated carbocycles. The quantitative estimate of drug-likeness (QED) is 0.743. The van der Waals surface area contributed by atoms with E-state index in [9.17, 15) is 0 Å². The van der Waals surface area contributed by atoms with Crippen LogP contribution in [0, 0.1) is 0 Å². The summed E-state index contributed by atoms with van der Waals surface area (Å²) in [5.41, 5.74) is 6.28. The highest BCUT2D eigenvalue weighted by molar-refractivity contribution is 6.32. The number of hydrogen-bond acceptors (Lipinski definition) is 5. The van der Waals surface area contributed by atoms with Crippen LogP contribution in [0.1, 0.15) is 26.6 Å². The monoisotopic (exact) mass is 271 g/mol. The van der Waals surface area contributed by atoms with Crippen molar-refractivity contribution in [3.8, 4) is 0 Å². The first-order chi connectivity index (χ1) is 8.62. The Morgan fingerprint density at radius 2 is 1.89 bits per heavy atom. The van der Waals surface area contributed by atoms with Gasteiger partial charge >= 0.3 is 0 Å². The molecule has 6 heteroatoms. The zero-order valence-electron chi connectivity index (χ0n) is 11.3. The number of nitrogens with zero attached hydrogens (tertiary/aromatic N) is 3. The van der Waals surface area contributed by atoms with Crippen LogP contribution in [0.5, 0.6) is 0 Å². The molecule has 1 aromatic rings. The minimum absolute atomic E-state index is 0.326. The summed E-state index contributed by atoms with van der Waals surface area (Å²) in [5.74, 6) is 1.35. The summed E-state index contributed by atoms with van der Waals surface area (Å²) >= 11 is 5.97. The molecule has 0 spiro atoms. The van der Waals surface area contributed by atoms with Crippen molar-refractivity contribution in [2.75, 3.05) is 37.2 Å². The number of nitrogen functional groups attached to an aromatic ring is 1. The maximum absolute atomic E-state index is 5.97. The van der Waals surface area contributed by atoms with Gasteiger partial charge in [0.15, 0.2) is 11.0 Å². The number of anilines is 2. The number of rotatable bonds is 7. The van der Waals surface area contributed by atoms with Crippen molar-refractivity contribution in [3.05, 3.63) is 11.0 Å². The molecule has 102 valence electrons. The Morgan fingerprint density at radius 3 is 2.44 bits per heavy atom. The Hall–Kier alpha value is -1.07. The molecule has 18 heavy (non-hydrogen) atoms. The second kappa shape index (κ2) is 7.38. The van der Waals surface area contributed by atoms with Crippen molar-refractivity contribution in [3.63, 3.8) is 0 Å². The van der Waals surface area contributed by atoms with Crippen LogP contribution in [0.4, 0.5) is 11.5 Å². The zero-order valence-corrected chi connectivity index (χ0v) is 12.1. The normalized spacial score (nSPS) is 10.9. The van der Waals surface area contributed by atoms with Gasteiger partial charge < -0.3 is 16.0 Å². The summed E-state index contributed by atoms with van der Waals surface area (Å²) in [6.45, 7) is 10.1. The van der Waals surface area contributed by atoms with Gasteiger partial charge in [-0.3, -0.25) is 0 Å². The van der Waals surface area contributed by atoms with Crippen molar-refractivity contribution < 1.29 is 0 Å². The maximum Gasteiger partial charge on any atom is 0.157 e. The minimum atomic E-state index is 0.326. The molecule has 5 nitrogen and oxygen atoms in total. The Morgan fingerprint density at radius 1 is 1.22 bits per heavy atom. The van der Waals surface area contributed by atoms with E-state index in [1.54, 1.807) is 0 Å². The van der Waals surface area contributed by atoms with E-state index in [0.29, 0.717) is 22.5 Å². The van der Waals surface area contributed by atoms with E-state index in [4.69, 9.17) is 17.3 Å². The molecule has 0 aliphatic rings. The van der Waals surface area contributed by atoms with Gasteiger partial charge in [0.1, 0.15) is 11.5 Å². The molecule has 1 heterocycles. The third-order valence-electron chi connectivity index (χ3n) is 2.88. The predicted molar refractivity (Wildman–Crippen MR) is 77.1 cm³/mol. The molecule has 0 bridgehead atoms. The maximum atomic E-state index is 5.97. The highest BCUT2D eigenvalue weighted by atomic mass is 35.5. The molecule has 0 atom stereocenters. The molecule has 0 fully saturated rings. The van der Waals surface area contributed by atoms with Gasteiger partial charge in [-0.1, -0.05) is 32.4 Å². The topological polar surface area (TPSA) is 67.1 Å². The lowest BCUT2D eigenvalue weighted by atomic mass is 10.4. The highest BCUT2D eigenvalue weighted by Crippen LogP contribution is 2.23. The fourth-order valence-electron chi connectivity index (χ4n) is 1.65. The number of nitrogens with one attached hydrogen (secondary N) is 1. The lowest BCUT2D eigenvalue weighted by Gasteiger charge is -2.18. The summed E-state index contributed by atoms with van der Waals surface area (Å²) < 4.78 is 0. The van der Waals surface area contributed by atoms with E-state index < -0.39 is 0 Å². The van der Waals surface area contributed by atoms with Gasteiger partial charge in [0.25, 0.3) is 0 Å². The van der Waals surface area contributed by atoms with Crippen molar-refractivity contribution in [1.29, 1.82) is 0 Å². The molecule has 0 aromatic carbocycles. The molecule has 1 rings (SSSR count). The van der Waals surface area contributed by atoms with Crippen LogP contribution in [-0.4, -0.2) is 41.0 Å². The summed E-state index contributed by atoms with van der Waals surface area (Å²) in [4.78, 5) is 10.8. The molecular weight excluding hydrogens is 250 g/mol. The van der Waals surface area contributed by atoms with E-state index in [1.807, 2.05) is 6.92 Å². The summed E-state index contributed by atoms with van der Waals surface area (Å²) in [7, 11) is 0.